The molecule has 0 aromatic carbocycles. The maximum Gasteiger partial charge on any atom is 0.331 e. The number of thioether (sulfide) groups is 1. The molecule has 1 amide bonds. The Bertz CT molecular complexity index is 414. The molecule has 5 heteroatoms. The Morgan fingerprint density at radius 3 is 2.76 bits per heavy atom. The highest BCUT2D eigenvalue weighted by molar-refractivity contribution is 8.02. The van der Waals surface area contributed by atoms with E-state index >= 15 is 0 Å². The first-order valence-electron chi connectivity index (χ1n) is 7.77. The molecular weight excluding hydrogens is 286 g/mol. The molecule has 0 radical (unpaired) electrons. The Morgan fingerprint density at radius 2 is 2.14 bits per heavy atom. The highest BCUT2D eigenvalue weighted by atomic mass is 32.2. The summed E-state index contributed by atoms with van der Waals surface area (Å²) in [4.78, 5) is 22.7. The number of ether oxygens (including phenoxy) is 1. The van der Waals surface area contributed by atoms with E-state index in [-0.39, 0.29) is 23.4 Å². The van der Waals surface area contributed by atoms with Crippen molar-refractivity contribution in [1.29, 1.82) is 0 Å². The van der Waals surface area contributed by atoms with Crippen LogP contribution in [0.5, 0.6) is 0 Å². The number of carbonyl (C=O) groups excluding carboxylic acids is 2. The topological polar surface area (TPSA) is 55.4 Å². The fraction of sp³-hybridized carbons (Fsp3) is 0.750. The quantitative estimate of drug-likeness (QED) is 0.481. The maximum atomic E-state index is 11.9. The molecule has 2 rings (SSSR count). The lowest BCUT2D eigenvalue weighted by Crippen LogP contribution is -2.45. The van der Waals surface area contributed by atoms with E-state index in [9.17, 15) is 9.59 Å². The highest BCUT2D eigenvalue weighted by Crippen LogP contribution is 2.35. The lowest BCUT2D eigenvalue weighted by molar-refractivity contribution is -0.149. The van der Waals surface area contributed by atoms with Crippen LogP contribution in [-0.4, -0.2) is 23.4 Å². The first kappa shape index (κ1) is 16.4. The van der Waals surface area contributed by atoms with E-state index in [4.69, 9.17) is 4.74 Å². The number of hydrogen-bond acceptors (Lipinski definition) is 4. The standard InChI is InChI=1S/C16H25NO3S/c1-10(2)12-5-4-11(3)8-13(12)20-16(19)6-7-21-15-9-14(18)17-15/h6-7,10-13,15H,4-5,8-9H2,1-3H3,(H,17,18)/t11-,12-,13?,15-/m0/s1. The van der Waals surface area contributed by atoms with Crippen molar-refractivity contribution in [2.75, 3.05) is 0 Å². The Hall–Kier alpha value is -0.970. The molecule has 4 nitrogen and oxygen atoms in total. The third-order valence-electron chi connectivity index (χ3n) is 4.37. The van der Waals surface area contributed by atoms with Gasteiger partial charge in [-0.1, -0.05) is 27.2 Å². The van der Waals surface area contributed by atoms with E-state index in [0.717, 1.165) is 12.8 Å². The van der Waals surface area contributed by atoms with Crippen LogP contribution >= 0.6 is 11.8 Å². The molecule has 0 aromatic rings. The molecule has 0 bridgehead atoms. The van der Waals surface area contributed by atoms with Crippen LogP contribution in [0.4, 0.5) is 0 Å². The Balaban J connectivity index is 1.79. The monoisotopic (exact) mass is 311 g/mol. The summed E-state index contributed by atoms with van der Waals surface area (Å²) in [5.41, 5.74) is 0. The van der Waals surface area contributed by atoms with Crippen molar-refractivity contribution >= 4 is 23.6 Å². The van der Waals surface area contributed by atoms with Gasteiger partial charge < -0.3 is 10.1 Å². The molecule has 1 aliphatic carbocycles. The molecule has 21 heavy (non-hydrogen) atoms. The molecule has 1 saturated heterocycles. The van der Waals surface area contributed by atoms with Gasteiger partial charge in [0.05, 0.1) is 11.8 Å². The number of β-lactam (4-membered cyclic amide) rings is 1. The SMILES string of the molecule is CC(C)[C@@H]1CC[C@H](C)CC1OC(=O)C=CS[C@H]1CC(=O)N1. The average Bonchev–Trinajstić information content (AvgIpc) is 2.36. The Labute approximate surface area is 131 Å². The predicted octanol–water partition coefficient (Wildman–Crippen LogP) is 3.08. The summed E-state index contributed by atoms with van der Waals surface area (Å²) in [7, 11) is 0. The number of amides is 1. The molecule has 4 atom stereocenters. The third-order valence-corrected chi connectivity index (χ3v) is 5.27. The van der Waals surface area contributed by atoms with Crippen LogP contribution in [0, 0.1) is 17.8 Å². The molecule has 0 spiro atoms. The zero-order valence-electron chi connectivity index (χ0n) is 13.0. The third kappa shape index (κ3) is 4.77. The maximum absolute atomic E-state index is 11.9. The van der Waals surface area contributed by atoms with Gasteiger partial charge in [0.25, 0.3) is 0 Å². The average molecular weight is 311 g/mol. The van der Waals surface area contributed by atoms with Crippen molar-refractivity contribution in [3.63, 3.8) is 0 Å². The molecule has 2 aliphatic rings. The van der Waals surface area contributed by atoms with Gasteiger partial charge in [0.15, 0.2) is 0 Å². The first-order chi connectivity index (χ1) is 9.95. The molecule has 1 aliphatic heterocycles. The van der Waals surface area contributed by atoms with Crippen molar-refractivity contribution in [2.24, 2.45) is 17.8 Å². The van der Waals surface area contributed by atoms with E-state index in [1.165, 1.54) is 24.3 Å². The normalized spacial score (nSPS) is 32.9. The Kier molecular flexibility index (Phi) is 5.73. The van der Waals surface area contributed by atoms with Gasteiger partial charge in [-0.3, -0.25) is 4.79 Å². The molecule has 118 valence electrons. The smallest absolute Gasteiger partial charge is 0.331 e. The van der Waals surface area contributed by atoms with Crippen LogP contribution in [0.2, 0.25) is 0 Å². The summed E-state index contributed by atoms with van der Waals surface area (Å²) in [6.45, 7) is 6.63. The largest absolute Gasteiger partial charge is 0.459 e. The van der Waals surface area contributed by atoms with Gasteiger partial charge in [-0.25, -0.2) is 4.79 Å². The summed E-state index contributed by atoms with van der Waals surface area (Å²) >= 11 is 1.45. The number of nitrogens with one attached hydrogen (secondary N) is 1. The minimum absolute atomic E-state index is 0.0410. The molecule has 1 heterocycles. The van der Waals surface area contributed by atoms with Gasteiger partial charge in [-0.05, 0) is 36.0 Å². The van der Waals surface area contributed by atoms with Crippen LogP contribution in [-0.2, 0) is 14.3 Å². The van der Waals surface area contributed by atoms with Crippen LogP contribution < -0.4 is 5.32 Å². The van der Waals surface area contributed by atoms with Gasteiger partial charge >= 0.3 is 5.97 Å². The van der Waals surface area contributed by atoms with Gasteiger partial charge in [-0.15, -0.1) is 11.8 Å². The second kappa shape index (κ2) is 7.34. The van der Waals surface area contributed by atoms with Crippen molar-refractivity contribution in [3.05, 3.63) is 11.5 Å². The molecule has 1 N–H and O–H groups in total. The summed E-state index contributed by atoms with van der Waals surface area (Å²) in [6.07, 6.45) is 5.38. The number of carbonyl (C=O) groups is 2. The fourth-order valence-corrected chi connectivity index (χ4v) is 3.86. The Morgan fingerprint density at radius 1 is 1.43 bits per heavy atom. The second-order valence-electron chi connectivity index (χ2n) is 6.50. The molecule has 2 fully saturated rings. The zero-order chi connectivity index (χ0) is 15.4. The number of esters is 1. The minimum Gasteiger partial charge on any atom is -0.459 e. The number of rotatable bonds is 5. The van der Waals surface area contributed by atoms with Crippen molar-refractivity contribution in [2.45, 2.75) is 57.9 Å². The van der Waals surface area contributed by atoms with Crippen LogP contribution in [0.3, 0.4) is 0 Å². The van der Waals surface area contributed by atoms with Crippen molar-refractivity contribution in [1.82, 2.24) is 5.32 Å². The minimum atomic E-state index is -0.266. The van der Waals surface area contributed by atoms with E-state index < -0.39 is 0 Å². The van der Waals surface area contributed by atoms with Gasteiger partial charge in [0.1, 0.15) is 6.10 Å². The lowest BCUT2D eigenvalue weighted by Gasteiger charge is -2.36. The van der Waals surface area contributed by atoms with E-state index in [0.29, 0.717) is 24.2 Å². The van der Waals surface area contributed by atoms with Crippen molar-refractivity contribution in [3.8, 4) is 0 Å². The van der Waals surface area contributed by atoms with Gasteiger partial charge in [0, 0.05) is 6.08 Å². The highest BCUT2D eigenvalue weighted by Gasteiger charge is 2.33. The summed E-state index contributed by atoms with van der Waals surface area (Å²) in [5, 5.41) is 4.58. The summed E-state index contributed by atoms with van der Waals surface area (Å²) in [5.74, 6) is 1.44. The van der Waals surface area contributed by atoms with E-state index in [1.807, 2.05) is 0 Å². The van der Waals surface area contributed by atoms with Crippen LogP contribution in [0.15, 0.2) is 11.5 Å². The van der Waals surface area contributed by atoms with Gasteiger partial charge in [0.2, 0.25) is 5.91 Å². The molecule has 0 aromatic heterocycles. The second-order valence-corrected chi connectivity index (χ2v) is 7.61. The zero-order valence-corrected chi connectivity index (χ0v) is 13.8. The van der Waals surface area contributed by atoms with Crippen molar-refractivity contribution < 1.29 is 14.3 Å². The first-order valence-corrected chi connectivity index (χ1v) is 8.72. The molecule has 1 unspecified atom stereocenters. The molecular formula is C16H25NO3S. The summed E-state index contributed by atoms with van der Waals surface area (Å²) in [6, 6.07) is 0. The van der Waals surface area contributed by atoms with Crippen LogP contribution in [0.25, 0.3) is 0 Å². The lowest BCUT2D eigenvalue weighted by atomic mass is 9.75. The summed E-state index contributed by atoms with van der Waals surface area (Å²) < 4.78 is 5.66. The van der Waals surface area contributed by atoms with Crippen LogP contribution in [0.1, 0.15) is 46.5 Å². The predicted molar refractivity (Wildman–Crippen MR) is 84.5 cm³/mol. The number of hydrogen-bond donors (Lipinski definition) is 1. The van der Waals surface area contributed by atoms with Gasteiger partial charge in [-0.2, -0.15) is 0 Å². The molecule has 1 saturated carbocycles. The van der Waals surface area contributed by atoms with E-state index in [2.05, 4.69) is 26.1 Å². The van der Waals surface area contributed by atoms with E-state index in [1.54, 1.807) is 5.41 Å². The fourth-order valence-electron chi connectivity index (χ4n) is 3.04.